The Morgan fingerprint density at radius 3 is 1.25 bits per heavy atom. The fourth-order valence-electron chi connectivity index (χ4n) is 8.60. The molecule has 0 bridgehead atoms. The van der Waals surface area contributed by atoms with E-state index in [4.69, 9.17) is 0 Å². The van der Waals surface area contributed by atoms with Crippen molar-refractivity contribution in [1.82, 2.24) is 9.13 Å². The normalized spacial score (nSPS) is 12.3. The summed E-state index contributed by atoms with van der Waals surface area (Å²) in [4.78, 5) is 0. The van der Waals surface area contributed by atoms with Crippen LogP contribution in [0.5, 0.6) is 0 Å². The number of fused-ring (bicyclic) bond motifs is 9. The van der Waals surface area contributed by atoms with Crippen molar-refractivity contribution in [3.63, 3.8) is 0 Å². The van der Waals surface area contributed by atoms with Gasteiger partial charge in [-0.1, -0.05) is 133 Å². The van der Waals surface area contributed by atoms with Crippen LogP contribution in [-0.4, -0.2) is 9.13 Å². The Labute approximate surface area is 303 Å². The predicted molar refractivity (Wildman–Crippen MR) is 222 cm³/mol. The van der Waals surface area contributed by atoms with E-state index in [9.17, 15) is 0 Å². The molecule has 0 amide bonds. The largest absolute Gasteiger partial charge is 0.309 e. The highest BCUT2D eigenvalue weighted by molar-refractivity contribution is 7.79. The van der Waals surface area contributed by atoms with Crippen molar-refractivity contribution in [3.8, 4) is 22.5 Å². The average molecular weight is 681 g/mol. The molecule has 1 aliphatic carbocycles. The zero-order valence-corrected chi connectivity index (χ0v) is 29.3. The number of nitrogens with zero attached hydrogens (tertiary/aromatic N) is 2. The van der Waals surface area contributed by atoms with Gasteiger partial charge in [-0.2, -0.15) is 0 Å². The quantitative estimate of drug-likeness (QED) is 0.160. The maximum atomic E-state index is 2.47. The second kappa shape index (κ2) is 11.7. The second-order valence-corrected chi connectivity index (χ2v) is 16.0. The van der Waals surface area contributed by atoms with Crippen molar-refractivity contribution in [3.05, 3.63) is 199 Å². The Morgan fingerprint density at radius 2 is 0.750 bits per heavy atom. The number of benzene rings is 8. The molecule has 3 heteroatoms. The summed E-state index contributed by atoms with van der Waals surface area (Å²) in [6.07, 6.45) is 0.956. The number of hydrogen-bond donors (Lipinski definition) is 0. The van der Waals surface area contributed by atoms with E-state index in [2.05, 4.69) is 197 Å². The maximum Gasteiger partial charge on any atom is 0.0541 e. The van der Waals surface area contributed by atoms with Gasteiger partial charge in [0.2, 0.25) is 0 Å². The van der Waals surface area contributed by atoms with E-state index in [1.165, 1.54) is 93.2 Å². The summed E-state index contributed by atoms with van der Waals surface area (Å²) in [6.45, 7) is 0. The third kappa shape index (κ3) is 4.48. The van der Waals surface area contributed by atoms with E-state index in [1.807, 2.05) is 0 Å². The van der Waals surface area contributed by atoms with Gasteiger partial charge in [0.15, 0.2) is 0 Å². The second-order valence-electron chi connectivity index (χ2n) is 13.8. The molecule has 0 aliphatic heterocycles. The van der Waals surface area contributed by atoms with Crippen LogP contribution in [0.15, 0.2) is 188 Å². The van der Waals surface area contributed by atoms with Gasteiger partial charge in [-0.05, 0) is 107 Å². The van der Waals surface area contributed by atoms with Crippen LogP contribution < -0.4 is 15.9 Å². The summed E-state index contributed by atoms with van der Waals surface area (Å²) in [5, 5.41) is 9.25. The van der Waals surface area contributed by atoms with Gasteiger partial charge in [0.1, 0.15) is 0 Å². The molecule has 0 spiro atoms. The molecule has 0 saturated carbocycles. The third-order valence-corrected chi connectivity index (χ3v) is 13.3. The van der Waals surface area contributed by atoms with Crippen molar-refractivity contribution in [1.29, 1.82) is 0 Å². The average Bonchev–Trinajstić information content (AvgIpc) is 3.86. The van der Waals surface area contributed by atoms with Gasteiger partial charge in [0.05, 0.1) is 22.1 Å². The van der Waals surface area contributed by atoms with E-state index < -0.39 is 7.92 Å². The molecule has 0 saturated heterocycles. The van der Waals surface area contributed by atoms with Crippen molar-refractivity contribution >= 4 is 67.4 Å². The van der Waals surface area contributed by atoms with Gasteiger partial charge >= 0.3 is 0 Å². The fourth-order valence-corrected chi connectivity index (χ4v) is 10.9. The minimum Gasteiger partial charge on any atom is -0.309 e. The monoisotopic (exact) mass is 680 g/mol. The number of aromatic nitrogens is 2. The summed E-state index contributed by atoms with van der Waals surface area (Å²) in [7, 11) is -0.705. The molecule has 0 unspecified atom stereocenters. The summed E-state index contributed by atoms with van der Waals surface area (Å²) >= 11 is 0. The molecule has 2 heterocycles. The summed E-state index contributed by atoms with van der Waals surface area (Å²) < 4.78 is 4.90. The molecule has 2 nitrogen and oxygen atoms in total. The van der Waals surface area contributed by atoms with E-state index in [1.54, 1.807) is 0 Å². The Balaban J connectivity index is 1.07. The minimum absolute atomic E-state index is 0.705. The van der Waals surface area contributed by atoms with E-state index >= 15 is 0 Å². The fraction of sp³-hybridized carbons (Fsp3) is 0.0204. The zero-order valence-electron chi connectivity index (χ0n) is 28.4. The molecule has 244 valence electrons. The molecule has 1 aliphatic rings. The summed E-state index contributed by atoms with van der Waals surface area (Å²) in [5.41, 5.74) is 12.8. The zero-order chi connectivity index (χ0) is 34.2. The number of rotatable bonds is 5. The van der Waals surface area contributed by atoms with E-state index in [0.717, 1.165) is 6.42 Å². The highest BCUT2D eigenvalue weighted by Crippen LogP contribution is 2.42. The Bertz CT molecular complexity index is 2900. The first-order valence-corrected chi connectivity index (χ1v) is 19.3. The SMILES string of the molecule is c1ccc(P(c2ccccc2)c2ccc3c(c2)c2ccccc2n3-c2ccc3c(c2)-c2cc(-n4c5ccccc5c5ccccc54)ccc2C3)cc1. The molecule has 0 atom stereocenters. The van der Waals surface area contributed by atoms with Crippen molar-refractivity contribution in [2.45, 2.75) is 6.42 Å². The van der Waals surface area contributed by atoms with Crippen molar-refractivity contribution in [2.24, 2.45) is 0 Å². The molecule has 8 aromatic carbocycles. The highest BCUT2D eigenvalue weighted by atomic mass is 31.1. The van der Waals surface area contributed by atoms with Crippen LogP contribution in [0.1, 0.15) is 11.1 Å². The van der Waals surface area contributed by atoms with Gasteiger partial charge in [0, 0.05) is 32.9 Å². The standard InChI is InChI=1S/C49H33N2P/c1-3-13-37(14-4-1)52(38-15-5-2-6-16-38)39-27-28-49-45(32-39)42-19-9-12-22-48(42)51(49)36-26-24-34-29-33-23-25-35(30-43(33)44(34)31-36)50-46-20-10-7-17-40(46)41-18-8-11-21-47(41)50/h1-28,30-32H,29H2. The van der Waals surface area contributed by atoms with Crippen LogP contribution in [0.3, 0.4) is 0 Å². The smallest absolute Gasteiger partial charge is 0.0541 e. The van der Waals surface area contributed by atoms with E-state index in [0.29, 0.717) is 0 Å². The lowest BCUT2D eigenvalue weighted by atomic mass is 10.0. The Hall–Kier alpha value is -6.21. The molecule has 52 heavy (non-hydrogen) atoms. The molecule has 11 rings (SSSR count). The van der Waals surface area contributed by atoms with Crippen LogP contribution in [0.4, 0.5) is 0 Å². The molecule has 2 aromatic heterocycles. The Kier molecular flexibility index (Phi) is 6.62. The molecule has 10 aromatic rings. The molecular weight excluding hydrogens is 648 g/mol. The lowest BCUT2D eigenvalue weighted by Crippen LogP contribution is -2.20. The Morgan fingerprint density at radius 1 is 0.327 bits per heavy atom. The van der Waals surface area contributed by atoms with Crippen LogP contribution in [0.25, 0.3) is 66.1 Å². The van der Waals surface area contributed by atoms with E-state index in [-0.39, 0.29) is 0 Å². The van der Waals surface area contributed by atoms with Gasteiger partial charge in [-0.3, -0.25) is 0 Å². The van der Waals surface area contributed by atoms with Gasteiger partial charge in [-0.15, -0.1) is 0 Å². The lowest BCUT2D eigenvalue weighted by molar-refractivity contribution is 1.17. The topological polar surface area (TPSA) is 9.86 Å². The minimum atomic E-state index is -0.705. The first-order chi connectivity index (χ1) is 25.8. The molecule has 0 fully saturated rings. The third-order valence-electron chi connectivity index (χ3n) is 10.9. The maximum absolute atomic E-state index is 2.47. The molecule has 0 radical (unpaired) electrons. The predicted octanol–water partition coefficient (Wildman–Crippen LogP) is 11.2. The first-order valence-electron chi connectivity index (χ1n) is 18.0. The number of para-hydroxylation sites is 3. The van der Waals surface area contributed by atoms with Gasteiger partial charge in [-0.25, -0.2) is 0 Å². The van der Waals surface area contributed by atoms with Crippen LogP contribution in [0, 0.1) is 0 Å². The van der Waals surface area contributed by atoms with Crippen molar-refractivity contribution in [2.75, 3.05) is 0 Å². The highest BCUT2D eigenvalue weighted by Gasteiger charge is 2.23. The number of hydrogen-bond acceptors (Lipinski definition) is 0. The van der Waals surface area contributed by atoms with Crippen LogP contribution >= 0.6 is 7.92 Å². The summed E-state index contributed by atoms with van der Waals surface area (Å²) in [5.74, 6) is 0. The summed E-state index contributed by atoms with van der Waals surface area (Å²) in [6, 6.07) is 69.7. The van der Waals surface area contributed by atoms with Crippen LogP contribution in [0.2, 0.25) is 0 Å². The first kappa shape index (κ1) is 29.5. The van der Waals surface area contributed by atoms with Gasteiger partial charge in [0.25, 0.3) is 0 Å². The van der Waals surface area contributed by atoms with Crippen molar-refractivity contribution < 1.29 is 0 Å². The lowest BCUT2D eigenvalue weighted by Gasteiger charge is -2.19. The molecule has 0 N–H and O–H groups in total. The molecular formula is C49H33N2P. The van der Waals surface area contributed by atoms with Crippen LogP contribution in [-0.2, 0) is 6.42 Å². The van der Waals surface area contributed by atoms with Gasteiger partial charge < -0.3 is 9.13 Å².